The summed E-state index contributed by atoms with van der Waals surface area (Å²) in [7, 11) is -3.59. The largest absolute Gasteiger partial charge is 0.375 e. The van der Waals surface area contributed by atoms with Crippen LogP contribution in [0.2, 0.25) is 0 Å². The van der Waals surface area contributed by atoms with E-state index in [2.05, 4.69) is 0 Å². The van der Waals surface area contributed by atoms with Crippen LogP contribution in [0.4, 0.5) is 0 Å². The zero-order valence-corrected chi connectivity index (χ0v) is 13.5. The second-order valence-electron chi connectivity index (χ2n) is 5.96. The maximum absolute atomic E-state index is 13.0. The standard InChI is InChI=1S/C16H21NO4S/c1-12(18)13-5-4-6-14(11-13)22(19,20)17-9-10-21-16-8-3-2-7-15(16)17/h4-6,11,15-16H,2-3,7-10H2,1H3. The van der Waals surface area contributed by atoms with Crippen molar-refractivity contribution in [1.82, 2.24) is 4.31 Å². The van der Waals surface area contributed by atoms with Gasteiger partial charge in [0.1, 0.15) is 0 Å². The molecule has 0 bridgehead atoms. The van der Waals surface area contributed by atoms with Crippen molar-refractivity contribution in [2.24, 2.45) is 0 Å². The number of rotatable bonds is 3. The molecule has 2 fully saturated rings. The molecule has 1 saturated heterocycles. The first-order chi connectivity index (χ1) is 10.5. The van der Waals surface area contributed by atoms with Crippen LogP contribution >= 0.6 is 0 Å². The minimum Gasteiger partial charge on any atom is -0.375 e. The van der Waals surface area contributed by atoms with E-state index in [-0.39, 0.29) is 22.8 Å². The van der Waals surface area contributed by atoms with Crippen molar-refractivity contribution in [3.63, 3.8) is 0 Å². The van der Waals surface area contributed by atoms with Crippen LogP contribution in [0.3, 0.4) is 0 Å². The molecule has 0 spiro atoms. The van der Waals surface area contributed by atoms with Crippen LogP contribution in [0, 0.1) is 0 Å². The number of benzene rings is 1. The van der Waals surface area contributed by atoms with Crippen LogP contribution in [0.1, 0.15) is 43.0 Å². The Labute approximate surface area is 131 Å². The number of carbonyl (C=O) groups excluding carboxylic acids is 1. The molecule has 0 radical (unpaired) electrons. The van der Waals surface area contributed by atoms with Gasteiger partial charge in [-0.3, -0.25) is 4.79 Å². The van der Waals surface area contributed by atoms with Gasteiger partial charge in [0, 0.05) is 12.1 Å². The van der Waals surface area contributed by atoms with Crippen molar-refractivity contribution < 1.29 is 17.9 Å². The lowest BCUT2D eigenvalue weighted by molar-refractivity contribution is -0.0586. The monoisotopic (exact) mass is 323 g/mol. The molecule has 1 aliphatic carbocycles. The van der Waals surface area contributed by atoms with Gasteiger partial charge in [0.05, 0.1) is 23.6 Å². The lowest BCUT2D eigenvalue weighted by atomic mass is 9.91. The van der Waals surface area contributed by atoms with E-state index in [1.165, 1.54) is 13.0 Å². The normalized spacial score (nSPS) is 26.4. The van der Waals surface area contributed by atoms with E-state index in [0.717, 1.165) is 25.7 Å². The number of fused-ring (bicyclic) bond motifs is 1. The van der Waals surface area contributed by atoms with Crippen LogP contribution in [0.25, 0.3) is 0 Å². The quantitative estimate of drug-likeness (QED) is 0.800. The Hall–Kier alpha value is -1.24. The van der Waals surface area contributed by atoms with Crippen molar-refractivity contribution in [3.8, 4) is 0 Å². The zero-order chi connectivity index (χ0) is 15.7. The Kier molecular flexibility index (Phi) is 4.34. The molecule has 2 aliphatic rings. The van der Waals surface area contributed by atoms with Crippen molar-refractivity contribution in [2.75, 3.05) is 13.2 Å². The SMILES string of the molecule is CC(=O)c1cccc(S(=O)(=O)N2CCOC3CCCCC32)c1. The summed E-state index contributed by atoms with van der Waals surface area (Å²) in [6.07, 6.45) is 3.90. The predicted octanol–water partition coefficient (Wildman–Crippen LogP) is 2.22. The van der Waals surface area contributed by atoms with Crippen LogP contribution in [0.5, 0.6) is 0 Å². The molecule has 0 N–H and O–H groups in total. The Morgan fingerprint density at radius 2 is 2.05 bits per heavy atom. The number of Topliss-reactive ketones (excluding diaryl/α,β-unsaturated/α-hetero) is 1. The Bertz CT molecular complexity index is 668. The summed E-state index contributed by atoms with van der Waals surface area (Å²) < 4.78 is 33.3. The summed E-state index contributed by atoms with van der Waals surface area (Å²) in [5, 5.41) is 0. The number of morpholine rings is 1. The summed E-state index contributed by atoms with van der Waals surface area (Å²) in [5.74, 6) is -0.130. The molecule has 1 heterocycles. The van der Waals surface area contributed by atoms with E-state index in [1.54, 1.807) is 22.5 Å². The van der Waals surface area contributed by atoms with Gasteiger partial charge in [-0.1, -0.05) is 25.0 Å². The number of ether oxygens (including phenoxy) is 1. The van der Waals surface area contributed by atoms with E-state index < -0.39 is 10.0 Å². The first-order valence-electron chi connectivity index (χ1n) is 7.74. The fourth-order valence-electron chi connectivity index (χ4n) is 3.37. The third kappa shape index (κ3) is 2.83. The maximum Gasteiger partial charge on any atom is 0.243 e. The van der Waals surface area contributed by atoms with Gasteiger partial charge in [0.15, 0.2) is 5.78 Å². The molecule has 0 aromatic heterocycles. The van der Waals surface area contributed by atoms with E-state index in [9.17, 15) is 13.2 Å². The molecule has 2 unspecified atom stereocenters. The highest BCUT2D eigenvalue weighted by Crippen LogP contribution is 2.32. The first kappa shape index (κ1) is 15.6. The van der Waals surface area contributed by atoms with Crippen LogP contribution in [-0.2, 0) is 14.8 Å². The molecule has 1 aromatic rings. The number of hydrogen-bond acceptors (Lipinski definition) is 4. The van der Waals surface area contributed by atoms with Crippen molar-refractivity contribution in [3.05, 3.63) is 29.8 Å². The lowest BCUT2D eigenvalue weighted by Gasteiger charge is -2.42. The summed E-state index contributed by atoms with van der Waals surface area (Å²) in [6, 6.07) is 6.24. The third-order valence-electron chi connectivity index (χ3n) is 4.53. The number of nitrogens with zero attached hydrogens (tertiary/aromatic N) is 1. The van der Waals surface area contributed by atoms with Crippen LogP contribution < -0.4 is 0 Å². The van der Waals surface area contributed by atoms with Gasteiger partial charge in [-0.15, -0.1) is 0 Å². The number of sulfonamides is 1. The van der Waals surface area contributed by atoms with E-state index in [0.29, 0.717) is 18.7 Å². The van der Waals surface area contributed by atoms with Crippen molar-refractivity contribution in [1.29, 1.82) is 0 Å². The van der Waals surface area contributed by atoms with Gasteiger partial charge in [-0.2, -0.15) is 4.31 Å². The summed E-state index contributed by atoms with van der Waals surface area (Å²) in [5.41, 5.74) is 0.425. The minimum absolute atomic E-state index is 0.00765. The lowest BCUT2D eigenvalue weighted by Crippen LogP contribution is -2.54. The summed E-state index contributed by atoms with van der Waals surface area (Å²) in [4.78, 5) is 11.7. The average Bonchev–Trinajstić information content (AvgIpc) is 2.54. The molecule has 3 rings (SSSR count). The Morgan fingerprint density at radius 1 is 1.27 bits per heavy atom. The number of carbonyl (C=O) groups is 1. The summed E-state index contributed by atoms with van der Waals surface area (Å²) >= 11 is 0. The molecular weight excluding hydrogens is 302 g/mol. The van der Waals surface area contributed by atoms with E-state index in [1.807, 2.05) is 0 Å². The first-order valence-corrected chi connectivity index (χ1v) is 9.18. The molecule has 6 heteroatoms. The van der Waals surface area contributed by atoms with Crippen molar-refractivity contribution in [2.45, 2.75) is 49.6 Å². The van der Waals surface area contributed by atoms with E-state index in [4.69, 9.17) is 4.74 Å². The fraction of sp³-hybridized carbons (Fsp3) is 0.562. The second-order valence-corrected chi connectivity index (χ2v) is 7.85. The number of ketones is 1. The van der Waals surface area contributed by atoms with E-state index >= 15 is 0 Å². The average molecular weight is 323 g/mol. The molecule has 5 nitrogen and oxygen atoms in total. The Morgan fingerprint density at radius 3 is 2.82 bits per heavy atom. The second kappa shape index (κ2) is 6.10. The smallest absolute Gasteiger partial charge is 0.243 e. The third-order valence-corrected chi connectivity index (χ3v) is 6.45. The summed E-state index contributed by atoms with van der Waals surface area (Å²) in [6.45, 7) is 2.26. The highest BCUT2D eigenvalue weighted by atomic mass is 32.2. The highest BCUT2D eigenvalue weighted by Gasteiger charge is 2.40. The Balaban J connectivity index is 1.94. The highest BCUT2D eigenvalue weighted by molar-refractivity contribution is 7.89. The number of hydrogen-bond donors (Lipinski definition) is 0. The predicted molar refractivity (Wildman–Crippen MR) is 82.3 cm³/mol. The van der Waals surface area contributed by atoms with Gasteiger partial charge in [-0.05, 0) is 31.9 Å². The zero-order valence-electron chi connectivity index (χ0n) is 12.7. The molecule has 1 saturated carbocycles. The van der Waals surface area contributed by atoms with Crippen LogP contribution in [-0.4, -0.2) is 43.8 Å². The van der Waals surface area contributed by atoms with Gasteiger partial charge in [0.2, 0.25) is 10.0 Å². The fourth-order valence-corrected chi connectivity index (χ4v) is 5.08. The van der Waals surface area contributed by atoms with Crippen LogP contribution in [0.15, 0.2) is 29.2 Å². The maximum atomic E-state index is 13.0. The topological polar surface area (TPSA) is 63.7 Å². The molecule has 120 valence electrons. The van der Waals surface area contributed by atoms with Crippen molar-refractivity contribution >= 4 is 15.8 Å². The minimum atomic E-state index is -3.59. The van der Waals surface area contributed by atoms with Gasteiger partial charge >= 0.3 is 0 Å². The molecule has 22 heavy (non-hydrogen) atoms. The molecule has 1 aliphatic heterocycles. The molecular formula is C16H21NO4S. The van der Waals surface area contributed by atoms with Gasteiger partial charge in [0.25, 0.3) is 0 Å². The molecule has 0 amide bonds. The molecule has 1 aromatic carbocycles. The van der Waals surface area contributed by atoms with Gasteiger partial charge in [-0.25, -0.2) is 8.42 Å². The van der Waals surface area contributed by atoms with Gasteiger partial charge < -0.3 is 4.74 Å². The molecule has 2 atom stereocenters.